The molecule has 0 aromatic heterocycles. The standard InChI is InChI=1S/C5HF9O/c6-1-2(7,8)3(15-1,4(9,10)11)5(12,13)14/h1H. The number of hydrogen-bond donors (Lipinski definition) is 0. The molecule has 0 N–H and O–H groups in total. The van der Waals surface area contributed by atoms with Crippen LogP contribution >= 0.6 is 0 Å². The van der Waals surface area contributed by atoms with Crippen molar-refractivity contribution in [3.8, 4) is 0 Å². The smallest absolute Gasteiger partial charge is 0.313 e. The minimum atomic E-state index is -6.45. The van der Waals surface area contributed by atoms with Gasteiger partial charge in [-0.25, -0.2) is 4.39 Å². The van der Waals surface area contributed by atoms with Crippen molar-refractivity contribution in [2.75, 3.05) is 0 Å². The summed E-state index contributed by atoms with van der Waals surface area (Å²) in [6, 6.07) is 0. The van der Waals surface area contributed by atoms with E-state index in [2.05, 4.69) is 4.74 Å². The van der Waals surface area contributed by atoms with E-state index >= 15 is 0 Å². The fourth-order valence-electron chi connectivity index (χ4n) is 1.08. The Morgan fingerprint density at radius 3 is 1.27 bits per heavy atom. The van der Waals surface area contributed by atoms with Gasteiger partial charge in [-0.15, -0.1) is 0 Å². The first-order valence-electron chi connectivity index (χ1n) is 3.21. The zero-order chi connectivity index (χ0) is 12.3. The molecule has 0 aromatic rings. The summed E-state index contributed by atoms with van der Waals surface area (Å²) in [5.74, 6) is -5.68. The van der Waals surface area contributed by atoms with Crippen LogP contribution in [0.3, 0.4) is 0 Å². The summed E-state index contributed by atoms with van der Waals surface area (Å²) in [4.78, 5) is 0. The van der Waals surface area contributed by atoms with Crippen LogP contribution < -0.4 is 0 Å². The summed E-state index contributed by atoms with van der Waals surface area (Å²) in [6.07, 6.45) is -16.8. The maximum atomic E-state index is 12.3. The predicted molar refractivity (Wildman–Crippen MR) is 25.8 cm³/mol. The molecule has 0 aromatic carbocycles. The Balaban J connectivity index is 3.26. The molecule has 15 heavy (non-hydrogen) atoms. The van der Waals surface area contributed by atoms with Gasteiger partial charge in [0.1, 0.15) is 0 Å². The quantitative estimate of drug-likeness (QED) is 0.599. The fraction of sp³-hybridized carbons (Fsp3) is 1.00. The highest BCUT2D eigenvalue weighted by molar-refractivity contribution is 5.14. The first kappa shape index (κ1) is 12.4. The molecule has 1 aliphatic rings. The molecule has 0 spiro atoms. The van der Waals surface area contributed by atoms with Crippen molar-refractivity contribution in [2.45, 2.75) is 30.2 Å². The van der Waals surface area contributed by atoms with Gasteiger partial charge in [-0.3, -0.25) is 0 Å². The average molecular weight is 248 g/mol. The first-order valence-corrected chi connectivity index (χ1v) is 3.21. The third kappa shape index (κ3) is 1.23. The molecule has 1 nitrogen and oxygen atoms in total. The lowest BCUT2D eigenvalue weighted by Crippen LogP contribution is -2.80. The van der Waals surface area contributed by atoms with Crippen molar-refractivity contribution in [2.24, 2.45) is 0 Å². The highest BCUT2D eigenvalue weighted by Gasteiger charge is 2.93. The predicted octanol–water partition coefficient (Wildman–Crippen LogP) is 2.81. The molecule has 1 fully saturated rings. The Morgan fingerprint density at radius 2 is 1.20 bits per heavy atom. The first-order chi connectivity index (χ1) is 6.38. The van der Waals surface area contributed by atoms with E-state index in [-0.39, 0.29) is 0 Å². The van der Waals surface area contributed by atoms with E-state index in [4.69, 9.17) is 0 Å². The van der Waals surface area contributed by atoms with Gasteiger partial charge in [-0.05, 0) is 0 Å². The number of ether oxygens (including phenoxy) is 1. The Morgan fingerprint density at radius 1 is 0.867 bits per heavy atom. The number of halogens is 9. The summed E-state index contributed by atoms with van der Waals surface area (Å²) in [6.45, 7) is 0. The van der Waals surface area contributed by atoms with E-state index in [1.807, 2.05) is 0 Å². The van der Waals surface area contributed by atoms with Crippen molar-refractivity contribution in [3.05, 3.63) is 0 Å². The zero-order valence-corrected chi connectivity index (χ0v) is 6.39. The van der Waals surface area contributed by atoms with Crippen LogP contribution in [0.4, 0.5) is 39.5 Å². The van der Waals surface area contributed by atoms with Crippen LogP contribution in [0, 0.1) is 0 Å². The molecule has 10 heteroatoms. The molecular weight excluding hydrogens is 247 g/mol. The molecule has 0 saturated carbocycles. The Bertz CT molecular complexity index is 249. The molecule has 1 atom stereocenters. The molecular formula is C5HF9O. The average Bonchev–Trinajstić information content (AvgIpc) is 1.94. The minimum absolute atomic E-state index is 2.60. The van der Waals surface area contributed by atoms with Crippen LogP contribution in [0.15, 0.2) is 0 Å². The molecule has 1 rings (SSSR count). The van der Waals surface area contributed by atoms with Crippen LogP contribution in [0.25, 0.3) is 0 Å². The number of alkyl halides is 9. The molecule has 1 unspecified atom stereocenters. The third-order valence-corrected chi connectivity index (χ3v) is 1.83. The van der Waals surface area contributed by atoms with E-state index in [9.17, 15) is 39.5 Å². The normalized spacial score (nSPS) is 29.8. The highest BCUT2D eigenvalue weighted by Crippen LogP contribution is 2.62. The maximum Gasteiger partial charge on any atom is 0.433 e. The molecule has 0 bridgehead atoms. The van der Waals surface area contributed by atoms with Gasteiger partial charge in [0, 0.05) is 0 Å². The second-order valence-corrected chi connectivity index (χ2v) is 2.73. The molecule has 1 heterocycles. The molecule has 0 amide bonds. The van der Waals surface area contributed by atoms with Gasteiger partial charge in [0.25, 0.3) is 6.36 Å². The Hall–Kier alpha value is -0.670. The number of rotatable bonds is 0. The van der Waals surface area contributed by atoms with Gasteiger partial charge in [-0.1, -0.05) is 0 Å². The third-order valence-electron chi connectivity index (χ3n) is 1.83. The summed E-state index contributed by atoms with van der Waals surface area (Å²) >= 11 is 0. The van der Waals surface area contributed by atoms with Crippen LogP contribution in [0.1, 0.15) is 0 Å². The van der Waals surface area contributed by atoms with Gasteiger partial charge in [0.2, 0.25) is 0 Å². The second kappa shape index (κ2) is 2.71. The summed E-state index contributed by atoms with van der Waals surface area (Å²) in [5, 5.41) is 0. The van der Waals surface area contributed by atoms with Crippen molar-refractivity contribution < 1.29 is 44.3 Å². The zero-order valence-electron chi connectivity index (χ0n) is 6.39. The summed E-state index contributed by atoms with van der Waals surface area (Å²) in [5.41, 5.74) is -5.74. The van der Waals surface area contributed by atoms with Gasteiger partial charge < -0.3 is 4.74 Å². The van der Waals surface area contributed by atoms with Crippen LogP contribution in [-0.2, 0) is 4.74 Å². The van der Waals surface area contributed by atoms with Crippen molar-refractivity contribution in [3.63, 3.8) is 0 Å². The van der Waals surface area contributed by atoms with Crippen LogP contribution in [0.2, 0.25) is 0 Å². The Kier molecular flexibility index (Phi) is 2.24. The van der Waals surface area contributed by atoms with Gasteiger partial charge >= 0.3 is 23.9 Å². The SMILES string of the molecule is FC1OC(C(F)(F)F)(C(F)(F)F)C1(F)F. The lowest BCUT2D eigenvalue weighted by Gasteiger charge is -2.50. The molecule has 1 saturated heterocycles. The molecule has 0 aliphatic carbocycles. The van der Waals surface area contributed by atoms with E-state index < -0.39 is 30.2 Å². The van der Waals surface area contributed by atoms with E-state index in [0.717, 1.165) is 0 Å². The minimum Gasteiger partial charge on any atom is -0.313 e. The van der Waals surface area contributed by atoms with Gasteiger partial charge in [-0.2, -0.15) is 35.1 Å². The lowest BCUT2D eigenvalue weighted by atomic mass is 9.87. The van der Waals surface area contributed by atoms with Crippen molar-refractivity contribution >= 4 is 0 Å². The van der Waals surface area contributed by atoms with Gasteiger partial charge in [0.05, 0.1) is 0 Å². The molecule has 90 valence electrons. The monoisotopic (exact) mass is 248 g/mol. The molecule has 1 aliphatic heterocycles. The largest absolute Gasteiger partial charge is 0.433 e. The second-order valence-electron chi connectivity index (χ2n) is 2.73. The topological polar surface area (TPSA) is 9.23 Å². The van der Waals surface area contributed by atoms with Gasteiger partial charge in [0.15, 0.2) is 0 Å². The lowest BCUT2D eigenvalue weighted by molar-refractivity contribution is -0.536. The van der Waals surface area contributed by atoms with Crippen LogP contribution in [-0.4, -0.2) is 30.2 Å². The van der Waals surface area contributed by atoms with Crippen molar-refractivity contribution in [1.29, 1.82) is 0 Å². The Labute approximate surface area is 75.8 Å². The van der Waals surface area contributed by atoms with Crippen LogP contribution in [0.5, 0.6) is 0 Å². The summed E-state index contributed by atoms with van der Waals surface area (Å²) in [7, 11) is 0. The highest BCUT2D eigenvalue weighted by atomic mass is 19.4. The molecule has 0 radical (unpaired) electrons. The van der Waals surface area contributed by atoms with E-state index in [1.54, 1.807) is 0 Å². The van der Waals surface area contributed by atoms with E-state index in [1.165, 1.54) is 0 Å². The maximum absolute atomic E-state index is 12.3. The van der Waals surface area contributed by atoms with E-state index in [0.29, 0.717) is 0 Å². The summed E-state index contributed by atoms with van der Waals surface area (Å²) < 4.78 is 110. The number of hydrogen-bond acceptors (Lipinski definition) is 1. The fourth-order valence-corrected chi connectivity index (χ4v) is 1.08. The van der Waals surface area contributed by atoms with Crippen molar-refractivity contribution in [1.82, 2.24) is 0 Å².